The van der Waals surface area contributed by atoms with Gasteiger partial charge in [0.05, 0.1) is 16.4 Å². The number of ether oxygens (including phenoxy) is 1. The van der Waals surface area contributed by atoms with Crippen LogP contribution in [0.5, 0.6) is 0 Å². The van der Waals surface area contributed by atoms with Gasteiger partial charge in [-0.2, -0.15) is 8.42 Å². The van der Waals surface area contributed by atoms with Gasteiger partial charge in [0.2, 0.25) is 6.10 Å². The Hall–Kier alpha value is -2.33. The molecule has 0 fully saturated rings. The van der Waals surface area contributed by atoms with E-state index in [1.165, 1.54) is 6.92 Å². The molecule has 10 heteroatoms. The standard InChI is InChI=1S/C14H17NO8S/c1-3-5-12(16)13(14(17)22-4-2)23-24(20,21)11-8-6-10(7-9-11)15(18)19/h6-9,13H,3-5H2,1-2H3. The van der Waals surface area contributed by atoms with Crippen molar-refractivity contribution >= 4 is 27.6 Å². The summed E-state index contributed by atoms with van der Waals surface area (Å²) < 4.78 is 33.8. The van der Waals surface area contributed by atoms with Crippen LogP contribution in [0.15, 0.2) is 29.2 Å². The van der Waals surface area contributed by atoms with Crippen LogP contribution in [0, 0.1) is 10.1 Å². The molecule has 0 aromatic heterocycles. The zero-order valence-corrected chi connectivity index (χ0v) is 13.9. The number of benzene rings is 1. The monoisotopic (exact) mass is 359 g/mol. The maximum atomic E-state index is 12.2. The first-order valence-corrected chi connectivity index (χ1v) is 8.50. The van der Waals surface area contributed by atoms with Crippen LogP contribution in [-0.4, -0.2) is 37.8 Å². The number of nitro benzene ring substituents is 1. The van der Waals surface area contributed by atoms with Crippen molar-refractivity contribution in [2.24, 2.45) is 0 Å². The highest BCUT2D eigenvalue weighted by atomic mass is 32.2. The van der Waals surface area contributed by atoms with Crippen molar-refractivity contribution < 1.29 is 31.9 Å². The lowest BCUT2D eigenvalue weighted by Crippen LogP contribution is -2.36. The maximum Gasteiger partial charge on any atom is 0.344 e. The molecule has 0 amide bonds. The third-order valence-electron chi connectivity index (χ3n) is 2.85. The first-order chi connectivity index (χ1) is 11.2. The average Bonchev–Trinajstić information content (AvgIpc) is 2.53. The van der Waals surface area contributed by atoms with Crippen LogP contribution in [0.4, 0.5) is 5.69 Å². The summed E-state index contributed by atoms with van der Waals surface area (Å²) in [7, 11) is -4.47. The van der Waals surface area contributed by atoms with Crippen molar-refractivity contribution in [2.45, 2.75) is 37.7 Å². The van der Waals surface area contributed by atoms with Crippen LogP contribution in [-0.2, 0) is 28.6 Å². The number of rotatable bonds is 9. The van der Waals surface area contributed by atoms with E-state index in [0.717, 1.165) is 24.3 Å². The van der Waals surface area contributed by atoms with E-state index < -0.39 is 37.8 Å². The van der Waals surface area contributed by atoms with Crippen molar-refractivity contribution in [3.05, 3.63) is 34.4 Å². The van der Waals surface area contributed by atoms with Crippen molar-refractivity contribution in [1.29, 1.82) is 0 Å². The topological polar surface area (TPSA) is 130 Å². The van der Waals surface area contributed by atoms with Gasteiger partial charge in [-0.1, -0.05) is 6.92 Å². The highest BCUT2D eigenvalue weighted by molar-refractivity contribution is 7.86. The predicted molar refractivity (Wildman–Crippen MR) is 81.7 cm³/mol. The summed E-state index contributed by atoms with van der Waals surface area (Å²) in [6.45, 7) is 3.14. The molecule has 0 aliphatic heterocycles. The maximum absolute atomic E-state index is 12.2. The summed E-state index contributed by atoms with van der Waals surface area (Å²) in [5, 5.41) is 10.6. The molecule has 132 valence electrons. The highest BCUT2D eigenvalue weighted by Crippen LogP contribution is 2.20. The highest BCUT2D eigenvalue weighted by Gasteiger charge is 2.34. The van der Waals surface area contributed by atoms with Crippen molar-refractivity contribution in [3.8, 4) is 0 Å². The molecule has 0 bridgehead atoms. The molecule has 24 heavy (non-hydrogen) atoms. The Balaban J connectivity index is 3.07. The van der Waals surface area contributed by atoms with E-state index in [-0.39, 0.29) is 18.7 Å². The third kappa shape index (κ3) is 5.10. The number of non-ortho nitro benzene ring substituents is 1. The molecule has 0 spiro atoms. The second-order valence-electron chi connectivity index (χ2n) is 4.65. The van der Waals surface area contributed by atoms with E-state index in [1.54, 1.807) is 6.92 Å². The van der Waals surface area contributed by atoms with Gasteiger partial charge in [0.15, 0.2) is 5.78 Å². The normalized spacial score (nSPS) is 12.4. The molecule has 0 aliphatic rings. The zero-order chi connectivity index (χ0) is 18.3. The van der Waals surface area contributed by atoms with E-state index in [1.807, 2.05) is 0 Å². The SMILES string of the molecule is CCCC(=O)C(OS(=O)(=O)c1ccc([N+](=O)[O-])cc1)C(=O)OCC. The van der Waals surface area contributed by atoms with Gasteiger partial charge in [0.25, 0.3) is 15.8 Å². The zero-order valence-electron chi connectivity index (χ0n) is 13.1. The average molecular weight is 359 g/mol. The first-order valence-electron chi connectivity index (χ1n) is 7.10. The fraction of sp³-hybridized carbons (Fsp3) is 0.429. The summed E-state index contributed by atoms with van der Waals surface area (Å²) in [5.41, 5.74) is -0.307. The third-order valence-corrected chi connectivity index (χ3v) is 4.14. The Morgan fingerprint density at radius 3 is 2.25 bits per heavy atom. The molecule has 1 unspecified atom stereocenters. The van der Waals surface area contributed by atoms with Crippen LogP contribution < -0.4 is 0 Å². The fourth-order valence-corrected chi connectivity index (χ4v) is 2.76. The van der Waals surface area contributed by atoms with E-state index in [4.69, 9.17) is 4.18 Å². The van der Waals surface area contributed by atoms with Gasteiger partial charge in [-0.05, 0) is 25.5 Å². The molecule has 1 atom stereocenters. The number of hydrogen-bond acceptors (Lipinski definition) is 8. The van der Waals surface area contributed by atoms with Crippen molar-refractivity contribution in [2.75, 3.05) is 6.61 Å². The van der Waals surface area contributed by atoms with Gasteiger partial charge in [-0.15, -0.1) is 0 Å². The van der Waals surface area contributed by atoms with Gasteiger partial charge in [-0.25, -0.2) is 8.98 Å². The summed E-state index contributed by atoms with van der Waals surface area (Å²) >= 11 is 0. The minimum Gasteiger partial charge on any atom is -0.464 e. The molecule has 9 nitrogen and oxygen atoms in total. The molecular formula is C14H17NO8S. The number of carbonyl (C=O) groups is 2. The van der Waals surface area contributed by atoms with Crippen LogP contribution in [0.1, 0.15) is 26.7 Å². The lowest BCUT2D eigenvalue weighted by molar-refractivity contribution is -0.384. The number of Topliss-reactive ketones (excluding diaryl/α,β-unsaturated/α-hetero) is 1. The van der Waals surface area contributed by atoms with E-state index in [9.17, 15) is 28.1 Å². The minimum absolute atomic E-state index is 0.0460. The van der Waals surface area contributed by atoms with Crippen LogP contribution >= 0.6 is 0 Å². The number of nitrogens with zero attached hydrogens (tertiary/aromatic N) is 1. The number of esters is 1. The van der Waals surface area contributed by atoms with Gasteiger partial charge < -0.3 is 4.74 Å². The number of nitro groups is 1. The Bertz CT molecular complexity index is 693. The summed E-state index contributed by atoms with van der Waals surface area (Å²) in [5.74, 6) is -1.82. The molecule has 0 N–H and O–H groups in total. The smallest absolute Gasteiger partial charge is 0.344 e. The number of ketones is 1. The Labute approximate surface area is 138 Å². The summed E-state index contributed by atoms with van der Waals surface area (Å²) in [6.07, 6.45) is -1.56. The van der Waals surface area contributed by atoms with Crippen LogP contribution in [0.25, 0.3) is 0 Å². The van der Waals surface area contributed by atoms with Gasteiger partial charge in [0.1, 0.15) is 0 Å². The molecule has 1 rings (SSSR count). The number of hydrogen-bond donors (Lipinski definition) is 0. The Morgan fingerprint density at radius 1 is 1.21 bits per heavy atom. The van der Waals surface area contributed by atoms with Gasteiger partial charge in [0, 0.05) is 18.6 Å². The second-order valence-corrected chi connectivity index (χ2v) is 6.22. The molecular weight excluding hydrogens is 342 g/mol. The fourth-order valence-electron chi connectivity index (χ4n) is 1.74. The lowest BCUT2D eigenvalue weighted by Gasteiger charge is -2.15. The van der Waals surface area contributed by atoms with Gasteiger partial charge >= 0.3 is 5.97 Å². The quantitative estimate of drug-likeness (QED) is 0.214. The largest absolute Gasteiger partial charge is 0.464 e. The van der Waals surface area contributed by atoms with E-state index >= 15 is 0 Å². The molecule has 0 saturated carbocycles. The first kappa shape index (κ1) is 19.7. The van der Waals surface area contributed by atoms with E-state index in [2.05, 4.69) is 4.74 Å². The van der Waals surface area contributed by atoms with Crippen molar-refractivity contribution in [3.63, 3.8) is 0 Å². The predicted octanol–water partition coefficient (Wildman–Crippen LogP) is 1.60. The molecule has 1 aromatic rings. The molecule has 1 aromatic carbocycles. The van der Waals surface area contributed by atoms with Crippen LogP contribution in [0.2, 0.25) is 0 Å². The molecule has 0 radical (unpaired) electrons. The summed E-state index contributed by atoms with van der Waals surface area (Å²) in [4.78, 5) is 33.2. The Kier molecular flexibility index (Phi) is 6.98. The molecule has 0 saturated heterocycles. The van der Waals surface area contributed by atoms with Crippen molar-refractivity contribution in [1.82, 2.24) is 0 Å². The molecule has 0 heterocycles. The Morgan fingerprint density at radius 2 is 1.79 bits per heavy atom. The van der Waals surface area contributed by atoms with Gasteiger partial charge in [-0.3, -0.25) is 14.9 Å². The van der Waals surface area contributed by atoms with E-state index in [0.29, 0.717) is 6.42 Å². The minimum atomic E-state index is -4.47. The lowest BCUT2D eigenvalue weighted by atomic mass is 10.1. The molecule has 0 aliphatic carbocycles. The second kappa shape index (κ2) is 8.50. The number of carbonyl (C=O) groups excluding carboxylic acids is 2. The summed E-state index contributed by atoms with van der Waals surface area (Å²) in [6, 6.07) is 3.87. The van der Waals surface area contributed by atoms with Crippen LogP contribution in [0.3, 0.4) is 0 Å².